The van der Waals surface area contributed by atoms with Gasteiger partial charge in [0.05, 0.1) is 30.9 Å². The summed E-state index contributed by atoms with van der Waals surface area (Å²) < 4.78 is 47.8. The third kappa shape index (κ3) is 3.47. The van der Waals surface area contributed by atoms with Crippen LogP contribution in [0.2, 0.25) is 0 Å². The molecule has 0 saturated carbocycles. The van der Waals surface area contributed by atoms with Crippen LogP contribution in [0.25, 0.3) is 0 Å². The fourth-order valence-corrected chi connectivity index (χ4v) is 2.35. The summed E-state index contributed by atoms with van der Waals surface area (Å²) in [7, 11) is 0. The van der Waals surface area contributed by atoms with Crippen molar-refractivity contribution >= 4 is 5.91 Å². The smallest absolute Gasteiger partial charge is 0.433 e. The zero-order valence-corrected chi connectivity index (χ0v) is 13.2. The van der Waals surface area contributed by atoms with E-state index >= 15 is 0 Å². The molecular formula is C17H13F3N2O4. The number of pyridine rings is 1. The number of hydrogen-bond donors (Lipinski definition) is 2. The van der Waals surface area contributed by atoms with Gasteiger partial charge in [0.2, 0.25) is 0 Å². The van der Waals surface area contributed by atoms with E-state index in [-0.39, 0.29) is 17.9 Å². The molecule has 1 amide bonds. The largest absolute Gasteiger partial charge is 0.472 e. The molecule has 2 N–H and O–H groups in total. The van der Waals surface area contributed by atoms with Crippen molar-refractivity contribution in [2.24, 2.45) is 0 Å². The van der Waals surface area contributed by atoms with Gasteiger partial charge in [0.1, 0.15) is 11.5 Å². The summed E-state index contributed by atoms with van der Waals surface area (Å²) in [6.07, 6.45) is 0.249. The average molecular weight is 366 g/mol. The number of aliphatic hydroxyl groups is 1. The molecule has 0 saturated heterocycles. The monoisotopic (exact) mass is 366 g/mol. The molecule has 3 aromatic heterocycles. The lowest BCUT2D eigenvalue weighted by molar-refractivity contribution is -0.141. The highest BCUT2D eigenvalue weighted by molar-refractivity contribution is 5.93. The second-order valence-electron chi connectivity index (χ2n) is 5.46. The van der Waals surface area contributed by atoms with Crippen molar-refractivity contribution in [2.75, 3.05) is 6.54 Å². The molecule has 0 aliphatic rings. The van der Waals surface area contributed by atoms with Crippen LogP contribution in [0.15, 0.2) is 64.2 Å². The van der Waals surface area contributed by atoms with Gasteiger partial charge in [0, 0.05) is 11.8 Å². The Labute approximate surface area is 145 Å². The summed E-state index contributed by atoms with van der Waals surface area (Å²) in [6, 6.07) is 6.33. The highest BCUT2D eigenvalue weighted by Crippen LogP contribution is 2.30. The Morgan fingerprint density at radius 1 is 1.19 bits per heavy atom. The van der Waals surface area contributed by atoms with Gasteiger partial charge in [-0.1, -0.05) is 0 Å². The van der Waals surface area contributed by atoms with Crippen LogP contribution in [0.5, 0.6) is 0 Å². The van der Waals surface area contributed by atoms with Crippen molar-refractivity contribution < 1.29 is 31.9 Å². The van der Waals surface area contributed by atoms with Crippen LogP contribution in [0.4, 0.5) is 13.2 Å². The van der Waals surface area contributed by atoms with Crippen molar-refractivity contribution in [1.29, 1.82) is 0 Å². The van der Waals surface area contributed by atoms with Gasteiger partial charge >= 0.3 is 6.18 Å². The molecular weight excluding hydrogens is 353 g/mol. The van der Waals surface area contributed by atoms with Crippen LogP contribution < -0.4 is 5.32 Å². The van der Waals surface area contributed by atoms with Gasteiger partial charge in [-0.05, 0) is 30.3 Å². The fraction of sp³-hybridized carbons (Fsp3) is 0.176. The minimum Gasteiger partial charge on any atom is -0.472 e. The van der Waals surface area contributed by atoms with Gasteiger partial charge in [-0.25, -0.2) is 0 Å². The van der Waals surface area contributed by atoms with E-state index in [0.717, 1.165) is 12.3 Å². The number of alkyl halides is 3. The van der Waals surface area contributed by atoms with E-state index in [9.17, 15) is 23.1 Å². The molecule has 6 nitrogen and oxygen atoms in total. The molecule has 0 aliphatic carbocycles. The number of furan rings is 2. The quantitative estimate of drug-likeness (QED) is 0.725. The summed E-state index contributed by atoms with van der Waals surface area (Å²) in [6.45, 7) is -0.292. The van der Waals surface area contributed by atoms with Gasteiger partial charge in [-0.3, -0.25) is 9.78 Å². The van der Waals surface area contributed by atoms with Crippen molar-refractivity contribution in [3.8, 4) is 0 Å². The van der Waals surface area contributed by atoms with Crippen molar-refractivity contribution in [2.45, 2.75) is 11.8 Å². The lowest BCUT2D eigenvalue weighted by Gasteiger charge is -2.25. The van der Waals surface area contributed by atoms with E-state index in [1.54, 1.807) is 6.07 Å². The van der Waals surface area contributed by atoms with Crippen LogP contribution in [-0.2, 0) is 11.8 Å². The maximum absolute atomic E-state index is 12.5. The summed E-state index contributed by atoms with van der Waals surface area (Å²) in [5.41, 5.74) is -2.53. The standard InChI is InChI=1S/C17H13F3N2O4/c18-17(19,20)13-4-3-11(8-21-13)15(23)22-10-16(24,12-5-7-25-9-12)14-2-1-6-26-14/h1-9,24H,10H2,(H,22,23)/t16-/m1/s1. The predicted molar refractivity (Wildman–Crippen MR) is 82.0 cm³/mol. The molecule has 26 heavy (non-hydrogen) atoms. The number of nitrogens with zero attached hydrogens (tertiary/aromatic N) is 1. The Bertz CT molecular complexity index is 822. The lowest BCUT2D eigenvalue weighted by atomic mass is 9.93. The van der Waals surface area contributed by atoms with Gasteiger partial charge in [0.15, 0.2) is 5.60 Å². The Kier molecular flexibility index (Phi) is 4.56. The molecule has 0 spiro atoms. The second kappa shape index (κ2) is 6.68. The van der Waals surface area contributed by atoms with Crippen LogP contribution in [-0.4, -0.2) is 22.5 Å². The number of nitrogens with one attached hydrogen (secondary N) is 1. The SMILES string of the molecule is O=C(NC[C@@](O)(c1ccoc1)c1ccco1)c1ccc(C(F)(F)F)nc1. The molecule has 0 unspecified atom stereocenters. The van der Waals surface area contributed by atoms with Gasteiger partial charge in [-0.2, -0.15) is 13.2 Å². The van der Waals surface area contributed by atoms with Gasteiger partial charge in [0.25, 0.3) is 5.91 Å². The Balaban J connectivity index is 1.76. The average Bonchev–Trinajstić information content (AvgIpc) is 3.32. The normalized spacial score (nSPS) is 14.0. The Morgan fingerprint density at radius 2 is 2.00 bits per heavy atom. The maximum Gasteiger partial charge on any atom is 0.433 e. The summed E-state index contributed by atoms with van der Waals surface area (Å²) in [4.78, 5) is 15.4. The zero-order chi connectivity index (χ0) is 18.8. The van der Waals surface area contributed by atoms with Crippen LogP contribution >= 0.6 is 0 Å². The Hall–Kier alpha value is -3.07. The van der Waals surface area contributed by atoms with Crippen molar-refractivity contribution in [3.63, 3.8) is 0 Å². The number of rotatable bonds is 5. The molecule has 1 atom stereocenters. The van der Waals surface area contributed by atoms with Gasteiger partial charge < -0.3 is 19.3 Å². The number of carbonyl (C=O) groups excluding carboxylic acids is 1. The molecule has 0 aliphatic heterocycles. The third-order valence-corrected chi connectivity index (χ3v) is 3.75. The van der Waals surface area contributed by atoms with E-state index < -0.39 is 23.4 Å². The second-order valence-corrected chi connectivity index (χ2v) is 5.46. The van der Waals surface area contributed by atoms with Crippen LogP contribution in [0.1, 0.15) is 27.4 Å². The molecule has 3 aromatic rings. The van der Waals surface area contributed by atoms with E-state index in [4.69, 9.17) is 8.83 Å². The van der Waals surface area contributed by atoms with E-state index in [0.29, 0.717) is 11.6 Å². The van der Waals surface area contributed by atoms with Crippen molar-refractivity contribution in [1.82, 2.24) is 10.3 Å². The van der Waals surface area contributed by atoms with Crippen LogP contribution in [0.3, 0.4) is 0 Å². The summed E-state index contributed by atoms with van der Waals surface area (Å²) in [5.74, 6) is -0.524. The van der Waals surface area contributed by atoms with E-state index in [1.807, 2.05) is 0 Å². The number of amides is 1. The van der Waals surface area contributed by atoms with Crippen molar-refractivity contribution in [3.05, 3.63) is 77.9 Å². The molecule has 3 heterocycles. The summed E-state index contributed by atoms with van der Waals surface area (Å²) >= 11 is 0. The van der Waals surface area contributed by atoms with Gasteiger partial charge in [-0.15, -0.1) is 0 Å². The maximum atomic E-state index is 12.5. The molecule has 0 fully saturated rings. The number of hydrogen-bond acceptors (Lipinski definition) is 5. The Morgan fingerprint density at radius 3 is 2.54 bits per heavy atom. The zero-order valence-electron chi connectivity index (χ0n) is 13.2. The number of carbonyl (C=O) groups is 1. The minimum absolute atomic E-state index is 0.0769. The first-order valence-corrected chi connectivity index (χ1v) is 7.41. The number of aromatic nitrogens is 1. The predicted octanol–water partition coefficient (Wildman–Crippen LogP) is 2.95. The lowest BCUT2D eigenvalue weighted by Crippen LogP contribution is -2.41. The van der Waals surface area contributed by atoms with Crippen LogP contribution in [0, 0.1) is 0 Å². The fourth-order valence-electron chi connectivity index (χ4n) is 2.35. The first-order chi connectivity index (χ1) is 12.3. The molecule has 3 rings (SSSR count). The van der Waals surface area contributed by atoms with E-state index in [1.165, 1.54) is 30.9 Å². The molecule has 9 heteroatoms. The van der Waals surface area contributed by atoms with E-state index in [2.05, 4.69) is 10.3 Å². The highest BCUT2D eigenvalue weighted by Gasteiger charge is 2.36. The minimum atomic E-state index is -4.59. The molecule has 136 valence electrons. The first kappa shape index (κ1) is 17.7. The molecule has 0 aromatic carbocycles. The first-order valence-electron chi connectivity index (χ1n) is 7.41. The third-order valence-electron chi connectivity index (χ3n) is 3.75. The summed E-state index contributed by atoms with van der Waals surface area (Å²) in [5, 5.41) is 13.4. The molecule has 0 radical (unpaired) electrons. The topological polar surface area (TPSA) is 88.5 Å². The highest BCUT2D eigenvalue weighted by atomic mass is 19.4. The molecule has 0 bridgehead atoms. The number of halogens is 3.